The first-order valence-corrected chi connectivity index (χ1v) is 12.1. The largest absolute Gasteiger partial charge is 0.497 e. The minimum absolute atomic E-state index is 0.0105. The number of amides is 1. The zero-order valence-corrected chi connectivity index (χ0v) is 20.9. The van der Waals surface area contributed by atoms with Gasteiger partial charge < -0.3 is 19.5 Å². The van der Waals surface area contributed by atoms with Crippen molar-refractivity contribution in [3.05, 3.63) is 83.7 Å². The molecular formula is C25H23FN2O8S. The topological polar surface area (TPSA) is 128 Å². The van der Waals surface area contributed by atoms with Gasteiger partial charge in [0.2, 0.25) is 5.91 Å². The molecule has 1 N–H and O–H groups in total. The quantitative estimate of drug-likeness (QED) is 0.418. The molecule has 3 aromatic rings. The highest BCUT2D eigenvalue weighted by Crippen LogP contribution is 2.27. The monoisotopic (exact) mass is 530 g/mol. The molecule has 0 spiro atoms. The van der Waals surface area contributed by atoms with Gasteiger partial charge in [-0.3, -0.25) is 9.10 Å². The lowest BCUT2D eigenvalue weighted by Crippen LogP contribution is -2.38. The number of carbonyl (C=O) groups is 3. The number of sulfonamides is 1. The molecule has 0 fully saturated rings. The molecule has 0 bridgehead atoms. The maximum absolute atomic E-state index is 14.7. The van der Waals surface area contributed by atoms with Gasteiger partial charge in [0.05, 0.1) is 43.0 Å². The molecule has 0 saturated carbocycles. The van der Waals surface area contributed by atoms with E-state index in [9.17, 15) is 27.2 Å². The Bertz CT molecular complexity index is 1390. The zero-order valence-electron chi connectivity index (χ0n) is 20.1. The van der Waals surface area contributed by atoms with Gasteiger partial charge in [-0.25, -0.2) is 22.4 Å². The van der Waals surface area contributed by atoms with Crippen LogP contribution in [0, 0.1) is 5.82 Å². The van der Waals surface area contributed by atoms with Crippen LogP contribution in [0.4, 0.5) is 15.8 Å². The number of nitrogens with zero attached hydrogens (tertiary/aromatic N) is 1. The predicted molar refractivity (Wildman–Crippen MR) is 132 cm³/mol. The Morgan fingerprint density at radius 3 is 1.95 bits per heavy atom. The Morgan fingerprint density at radius 2 is 1.43 bits per heavy atom. The highest BCUT2D eigenvalue weighted by atomic mass is 32.2. The molecule has 3 rings (SSSR count). The van der Waals surface area contributed by atoms with Gasteiger partial charge in [0.1, 0.15) is 18.1 Å². The Morgan fingerprint density at radius 1 is 0.865 bits per heavy atom. The van der Waals surface area contributed by atoms with E-state index in [0.717, 1.165) is 20.3 Å². The average Bonchev–Trinajstić information content (AvgIpc) is 2.91. The van der Waals surface area contributed by atoms with Crippen molar-refractivity contribution in [2.24, 2.45) is 0 Å². The molecule has 1 amide bonds. The van der Waals surface area contributed by atoms with Crippen LogP contribution in [0.3, 0.4) is 0 Å². The van der Waals surface area contributed by atoms with Crippen LogP contribution >= 0.6 is 0 Å². The van der Waals surface area contributed by atoms with E-state index in [1.807, 2.05) is 0 Å². The van der Waals surface area contributed by atoms with Gasteiger partial charge in [-0.05, 0) is 54.6 Å². The molecular weight excluding hydrogens is 507 g/mol. The lowest BCUT2D eigenvalue weighted by Gasteiger charge is -2.24. The van der Waals surface area contributed by atoms with Gasteiger partial charge in [0.25, 0.3) is 10.0 Å². The number of ether oxygens (including phenoxy) is 3. The second-order valence-electron chi connectivity index (χ2n) is 7.47. The molecule has 0 radical (unpaired) electrons. The second-order valence-corrected chi connectivity index (χ2v) is 9.33. The summed E-state index contributed by atoms with van der Waals surface area (Å²) in [5.74, 6) is -2.90. The van der Waals surface area contributed by atoms with E-state index in [-0.39, 0.29) is 27.4 Å². The van der Waals surface area contributed by atoms with Gasteiger partial charge in [0.15, 0.2) is 0 Å². The third-order valence-corrected chi connectivity index (χ3v) is 6.89. The molecule has 0 aliphatic heterocycles. The molecule has 0 saturated heterocycles. The van der Waals surface area contributed by atoms with Crippen LogP contribution in [0.15, 0.2) is 71.6 Å². The van der Waals surface area contributed by atoms with Crippen LogP contribution < -0.4 is 14.4 Å². The van der Waals surface area contributed by atoms with Crippen molar-refractivity contribution in [2.75, 3.05) is 37.5 Å². The van der Waals surface area contributed by atoms with Crippen LogP contribution in [0.25, 0.3) is 0 Å². The summed E-state index contributed by atoms with van der Waals surface area (Å²) >= 11 is 0. The fraction of sp³-hybridized carbons (Fsp3) is 0.160. The number of hydrogen-bond acceptors (Lipinski definition) is 8. The number of hydrogen-bond donors (Lipinski definition) is 1. The molecule has 12 heteroatoms. The van der Waals surface area contributed by atoms with E-state index in [4.69, 9.17) is 4.74 Å². The molecule has 0 heterocycles. The van der Waals surface area contributed by atoms with Crippen molar-refractivity contribution in [1.82, 2.24) is 0 Å². The van der Waals surface area contributed by atoms with Crippen LogP contribution in [0.1, 0.15) is 20.7 Å². The summed E-state index contributed by atoms with van der Waals surface area (Å²) in [7, 11) is -0.713. The first-order valence-electron chi connectivity index (χ1n) is 10.6. The van der Waals surface area contributed by atoms with Crippen LogP contribution in [0.5, 0.6) is 5.75 Å². The van der Waals surface area contributed by atoms with Crippen molar-refractivity contribution in [3.8, 4) is 5.75 Å². The van der Waals surface area contributed by atoms with Crippen molar-refractivity contribution in [1.29, 1.82) is 0 Å². The summed E-state index contributed by atoms with van der Waals surface area (Å²) < 4.78 is 56.6. The minimum atomic E-state index is -4.41. The molecule has 0 aliphatic carbocycles. The van der Waals surface area contributed by atoms with E-state index in [1.54, 1.807) is 0 Å². The third kappa shape index (κ3) is 6.22. The van der Waals surface area contributed by atoms with Gasteiger partial charge in [-0.15, -0.1) is 0 Å². The van der Waals surface area contributed by atoms with Gasteiger partial charge in [-0.2, -0.15) is 0 Å². The van der Waals surface area contributed by atoms with Gasteiger partial charge in [-0.1, -0.05) is 12.1 Å². The Kier molecular flexibility index (Phi) is 8.45. The first-order chi connectivity index (χ1) is 17.6. The number of para-hydroxylation sites is 1. The van der Waals surface area contributed by atoms with E-state index in [0.29, 0.717) is 10.1 Å². The first kappa shape index (κ1) is 27.1. The molecule has 37 heavy (non-hydrogen) atoms. The molecule has 0 aliphatic rings. The fourth-order valence-electron chi connectivity index (χ4n) is 3.33. The van der Waals surface area contributed by atoms with Crippen LogP contribution in [-0.4, -0.2) is 54.1 Å². The maximum atomic E-state index is 14.7. The number of anilines is 2. The Labute approximate surface area is 212 Å². The molecule has 0 unspecified atom stereocenters. The zero-order chi connectivity index (χ0) is 27.2. The SMILES string of the molecule is COC(=O)c1cc(NC(=O)CN(c2ccccc2F)S(=O)(=O)c2ccc(OC)cc2)cc(C(=O)OC)c1. The lowest BCUT2D eigenvalue weighted by atomic mass is 10.1. The van der Waals surface area contributed by atoms with Crippen molar-refractivity contribution >= 4 is 39.2 Å². The van der Waals surface area contributed by atoms with E-state index in [1.165, 1.54) is 67.8 Å². The molecule has 0 aromatic heterocycles. The molecule has 194 valence electrons. The highest BCUT2D eigenvalue weighted by molar-refractivity contribution is 7.92. The summed E-state index contributed by atoms with van der Waals surface area (Å²) in [4.78, 5) is 36.8. The smallest absolute Gasteiger partial charge is 0.337 e. The minimum Gasteiger partial charge on any atom is -0.497 e. The number of carbonyl (C=O) groups excluding carboxylic acids is 3. The molecule has 10 nitrogen and oxygen atoms in total. The van der Waals surface area contributed by atoms with Crippen LogP contribution in [-0.2, 0) is 24.3 Å². The van der Waals surface area contributed by atoms with Crippen molar-refractivity contribution < 1.29 is 41.4 Å². The number of rotatable bonds is 9. The van der Waals surface area contributed by atoms with Crippen molar-refractivity contribution in [3.63, 3.8) is 0 Å². The third-order valence-electron chi connectivity index (χ3n) is 5.11. The average molecular weight is 531 g/mol. The predicted octanol–water partition coefficient (Wildman–Crippen LogP) is 3.24. The number of methoxy groups -OCH3 is 3. The van der Waals surface area contributed by atoms with E-state index >= 15 is 0 Å². The second kappa shape index (κ2) is 11.5. The van der Waals surface area contributed by atoms with Gasteiger partial charge >= 0.3 is 11.9 Å². The number of benzene rings is 3. The van der Waals surface area contributed by atoms with Crippen molar-refractivity contribution in [2.45, 2.75) is 4.90 Å². The highest BCUT2D eigenvalue weighted by Gasteiger charge is 2.29. The lowest BCUT2D eigenvalue weighted by molar-refractivity contribution is -0.114. The van der Waals surface area contributed by atoms with E-state index in [2.05, 4.69) is 14.8 Å². The molecule has 0 atom stereocenters. The Balaban J connectivity index is 1.99. The summed E-state index contributed by atoms with van der Waals surface area (Å²) in [6.07, 6.45) is 0. The summed E-state index contributed by atoms with van der Waals surface area (Å²) in [6, 6.07) is 14.1. The normalized spacial score (nSPS) is 10.8. The summed E-state index contributed by atoms with van der Waals surface area (Å²) in [6.45, 7) is -0.828. The number of nitrogens with one attached hydrogen (secondary N) is 1. The summed E-state index contributed by atoms with van der Waals surface area (Å²) in [5.41, 5.74) is -0.481. The Hall–Kier alpha value is -4.45. The standard InChI is InChI=1S/C25H23FN2O8S/c1-34-19-8-10-20(11-9-19)37(32,33)28(22-7-5-4-6-21(22)26)15-23(29)27-18-13-16(24(30)35-2)12-17(14-18)25(31)36-3/h4-14H,15H2,1-3H3,(H,27,29). The van der Waals surface area contributed by atoms with Gasteiger partial charge in [0, 0.05) is 5.69 Å². The number of halogens is 1. The maximum Gasteiger partial charge on any atom is 0.337 e. The van der Waals surface area contributed by atoms with Crippen LogP contribution in [0.2, 0.25) is 0 Å². The fourth-order valence-corrected chi connectivity index (χ4v) is 4.76. The number of esters is 2. The molecule has 3 aromatic carbocycles. The summed E-state index contributed by atoms with van der Waals surface area (Å²) in [5, 5.41) is 2.44. The van der Waals surface area contributed by atoms with E-state index < -0.39 is 40.2 Å².